The number of hydrogen-bond acceptors (Lipinski definition) is 3. The van der Waals surface area contributed by atoms with Gasteiger partial charge in [-0.25, -0.2) is 0 Å². The third-order valence-electron chi connectivity index (χ3n) is 3.74. The van der Waals surface area contributed by atoms with Crippen molar-refractivity contribution in [1.29, 1.82) is 0 Å². The van der Waals surface area contributed by atoms with E-state index in [-0.39, 0.29) is 0 Å². The number of methoxy groups -OCH3 is 1. The number of rotatable bonds is 5. The van der Waals surface area contributed by atoms with Gasteiger partial charge in [-0.2, -0.15) is 0 Å². The maximum Gasteiger partial charge on any atom is 0.118 e. The van der Waals surface area contributed by atoms with E-state index >= 15 is 0 Å². The standard InChI is InChI=1S/C15H23NO2/c1-15(7-9-18-10-8-15)12-16-11-13-3-5-14(17-2)6-4-13/h3-6,16H,7-12H2,1-2H3. The van der Waals surface area contributed by atoms with Gasteiger partial charge in [-0.3, -0.25) is 0 Å². The highest BCUT2D eigenvalue weighted by atomic mass is 16.5. The quantitative estimate of drug-likeness (QED) is 0.870. The smallest absolute Gasteiger partial charge is 0.118 e. The zero-order valence-corrected chi connectivity index (χ0v) is 11.4. The van der Waals surface area contributed by atoms with E-state index in [1.165, 1.54) is 5.56 Å². The Bertz CT molecular complexity index is 355. The van der Waals surface area contributed by atoms with E-state index in [0.717, 1.165) is 44.9 Å². The molecule has 1 aromatic carbocycles. The fraction of sp³-hybridized carbons (Fsp3) is 0.600. The van der Waals surface area contributed by atoms with Gasteiger partial charge >= 0.3 is 0 Å². The molecule has 1 aliphatic rings. The van der Waals surface area contributed by atoms with Crippen molar-refractivity contribution in [2.24, 2.45) is 5.41 Å². The van der Waals surface area contributed by atoms with E-state index in [2.05, 4.69) is 24.4 Å². The van der Waals surface area contributed by atoms with Crippen molar-refractivity contribution < 1.29 is 9.47 Å². The molecule has 0 spiro atoms. The van der Waals surface area contributed by atoms with Crippen LogP contribution in [0.15, 0.2) is 24.3 Å². The maximum atomic E-state index is 5.41. The van der Waals surface area contributed by atoms with Gasteiger partial charge in [0.25, 0.3) is 0 Å². The van der Waals surface area contributed by atoms with Crippen LogP contribution in [0.1, 0.15) is 25.3 Å². The molecule has 0 saturated carbocycles. The Balaban J connectivity index is 1.77. The van der Waals surface area contributed by atoms with Crippen LogP contribution in [0.25, 0.3) is 0 Å². The topological polar surface area (TPSA) is 30.5 Å². The predicted molar refractivity (Wildman–Crippen MR) is 72.9 cm³/mol. The lowest BCUT2D eigenvalue weighted by Gasteiger charge is -2.33. The van der Waals surface area contributed by atoms with Crippen LogP contribution in [-0.2, 0) is 11.3 Å². The van der Waals surface area contributed by atoms with Gasteiger partial charge in [-0.1, -0.05) is 19.1 Å². The highest BCUT2D eigenvalue weighted by Gasteiger charge is 2.26. The van der Waals surface area contributed by atoms with Crippen LogP contribution in [0.3, 0.4) is 0 Å². The van der Waals surface area contributed by atoms with E-state index < -0.39 is 0 Å². The average Bonchev–Trinajstić information content (AvgIpc) is 2.40. The Morgan fingerprint density at radius 2 is 1.89 bits per heavy atom. The molecule has 3 heteroatoms. The molecule has 0 unspecified atom stereocenters. The van der Waals surface area contributed by atoms with Gasteiger partial charge in [0.15, 0.2) is 0 Å². The van der Waals surface area contributed by atoms with E-state index in [9.17, 15) is 0 Å². The molecule has 0 amide bonds. The lowest BCUT2D eigenvalue weighted by molar-refractivity contribution is 0.0240. The monoisotopic (exact) mass is 249 g/mol. The number of nitrogens with one attached hydrogen (secondary N) is 1. The van der Waals surface area contributed by atoms with Gasteiger partial charge in [0.1, 0.15) is 5.75 Å². The first kappa shape index (κ1) is 13.4. The minimum absolute atomic E-state index is 0.394. The molecule has 1 heterocycles. The molecule has 3 nitrogen and oxygen atoms in total. The van der Waals surface area contributed by atoms with Crippen molar-refractivity contribution in [2.75, 3.05) is 26.9 Å². The van der Waals surface area contributed by atoms with Crippen LogP contribution in [0, 0.1) is 5.41 Å². The summed E-state index contributed by atoms with van der Waals surface area (Å²) in [5.74, 6) is 0.912. The van der Waals surface area contributed by atoms with Crippen LogP contribution in [0.2, 0.25) is 0 Å². The summed E-state index contributed by atoms with van der Waals surface area (Å²) >= 11 is 0. The van der Waals surface area contributed by atoms with Crippen LogP contribution in [0.4, 0.5) is 0 Å². The summed E-state index contributed by atoms with van der Waals surface area (Å²) < 4.78 is 10.6. The van der Waals surface area contributed by atoms with Gasteiger partial charge in [0, 0.05) is 26.3 Å². The van der Waals surface area contributed by atoms with E-state index in [1.807, 2.05) is 12.1 Å². The van der Waals surface area contributed by atoms with E-state index in [1.54, 1.807) is 7.11 Å². The SMILES string of the molecule is COc1ccc(CNCC2(C)CCOCC2)cc1. The van der Waals surface area contributed by atoms with Gasteiger partial charge in [-0.05, 0) is 36.0 Å². The van der Waals surface area contributed by atoms with Crippen molar-refractivity contribution >= 4 is 0 Å². The molecule has 1 saturated heterocycles. The third-order valence-corrected chi connectivity index (χ3v) is 3.74. The maximum absolute atomic E-state index is 5.41. The summed E-state index contributed by atoms with van der Waals surface area (Å²) in [5, 5.41) is 3.55. The second-order valence-electron chi connectivity index (χ2n) is 5.37. The molecule has 1 aliphatic heterocycles. The Labute approximate surface area is 109 Å². The summed E-state index contributed by atoms with van der Waals surface area (Å²) in [5.41, 5.74) is 1.69. The molecule has 0 radical (unpaired) electrons. The molecule has 0 aromatic heterocycles. The van der Waals surface area contributed by atoms with Crippen LogP contribution in [0.5, 0.6) is 5.75 Å². The summed E-state index contributed by atoms with van der Waals surface area (Å²) in [6.07, 6.45) is 2.31. The zero-order chi connectivity index (χ0) is 12.8. The van der Waals surface area contributed by atoms with Crippen molar-refractivity contribution in [3.63, 3.8) is 0 Å². The first-order valence-electron chi connectivity index (χ1n) is 6.63. The molecule has 0 bridgehead atoms. The molecular weight excluding hydrogens is 226 g/mol. The second-order valence-corrected chi connectivity index (χ2v) is 5.37. The Kier molecular flexibility index (Phi) is 4.61. The Morgan fingerprint density at radius 3 is 2.50 bits per heavy atom. The van der Waals surface area contributed by atoms with Crippen LogP contribution >= 0.6 is 0 Å². The third kappa shape index (κ3) is 3.72. The normalized spacial score (nSPS) is 18.6. The number of hydrogen-bond donors (Lipinski definition) is 1. The van der Waals surface area contributed by atoms with Gasteiger partial charge in [0.2, 0.25) is 0 Å². The molecular formula is C15H23NO2. The lowest BCUT2D eigenvalue weighted by atomic mass is 9.82. The lowest BCUT2D eigenvalue weighted by Crippen LogP contribution is -2.36. The first-order chi connectivity index (χ1) is 8.72. The Hall–Kier alpha value is -1.06. The highest BCUT2D eigenvalue weighted by Crippen LogP contribution is 2.28. The van der Waals surface area contributed by atoms with Crippen LogP contribution < -0.4 is 10.1 Å². The fourth-order valence-corrected chi connectivity index (χ4v) is 2.29. The first-order valence-corrected chi connectivity index (χ1v) is 6.63. The van der Waals surface area contributed by atoms with Crippen molar-refractivity contribution in [1.82, 2.24) is 5.32 Å². The average molecular weight is 249 g/mol. The summed E-state index contributed by atoms with van der Waals surface area (Å²) in [6.45, 7) is 6.13. The molecule has 1 fully saturated rings. The highest BCUT2D eigenvalue weighted by molar-refractivity contribution is 5.26. The summed E-state index contributed by atoms with van der Waals surface area (Å²) in [4.78, 5) is 0. The minimum Gasteiger partial charge on any atom is -0.497 e. The van der Waals surface area contributed by atoms with Crippen LogP contribution in [-0.4, -0.2) is 26.9 Å². The Morgan fingerprint density at radius 1 is 1.22 bits per heavy atom. The largest absolute Gasteiger partial charge is 0.497 e. The molecule has 1 aromatic rings. The van der Waals surface area contributed by atoms with E-state index in [4.69, 9.17) is 9.47 Å². The minimum atomic E-state index is 0.394. The van der Waals surface area contributed by atoms with E-state index in [0.29, 0.717) is 5.41 Å². The zero-order valence-electron chi connectivity index (χ0n) is 11.4. The molecule has 1 N–H and O–H groups in total. The van der Waals surface area contributed by atoms with Gasteiger partial charge < -0.3 is 14.8 Å². The van der Waals surface area contributed by atoms with Gasteiger partial charge in [-0.15, -0.1) is 0 Å². The molecule has 18 heavy (non-hydrogen) atoms. The van der Waals surface area contributed by atoms with Crippen molar-refractivity contribution in [2.45, 2.75) is 26.3 Å². The molecule has 0 aliphatic carbocycles. The molecule has 100 valence electrons. The van der Waals surface area contributed by atoms with Crippen molar-refractivity contribution in [3.05, 3.63) is 29.8 Å². The predicted octanol–water partition coefficient (Wildman–Crippen LogP) is 2.60. The summed E-state index contributed by atoms with van der Waals surface area (Å²) in [7, 11) is 1.69. The fourth-order valence-electron chi connectivity index (χ4n) is 2.29. The van der Waals surface area contributed by atoms with Crippen molar-refractivity contribution in [3.8, 4) is 5.75 Å². The van der Waals surface area contributed by atoms with Gasteiger partial charge in [0.05, 0.1) is 7.11 Å². The molecule has 2 rings (SSSR count). The molecule has 0 atom stereocenters. The number of benzene rings is 1. The number of ether oxygens (including phenoxy) is 2. The second kappa shape index (κ2) is 6.21. The summed E-state index contributed by atoms with van der Waals surface area (Å²) in [6, 6.07) is 8.23.